The number of nitrogens with one attached hydrogen (secondary N) is 1. The molecule has 2 heterocycles. The van der Waals surface area contributed by atoms with Crippen LogP contribution in [0.25, 0.3) is 0 Å². The fourth-order valence-corrected chi connectivity index (χ4v) is 3.46. The maximum atomic E-state index is 13.0. The molecule has 0 saturated heterocycles. The predicted molar refractivity (Wildman–Crippen MR) is 108 cm³/mol. The number of nitrogens with zero attached hydrogens (tertiary/aromatic N) is 2. The Kier molecular flexibility index (Phi) is 4.88. The first-order chi connectivity index (χ1) is 13.2. The average molecular weight is 357 g/mol. The Labute approximate surface area is 159 Å². The molecule has 27 heavy (non-hydrogen) atoms. The number of hydrogen-bond donors (Lipinski definition) is 1. The Hall–Kier alpha value is -3.14. The number of rotatable bonds is 6. The normalized spacial score (nSPS) is 12.9. The molecule has 0 atom stereocenters. The molecule has 0 saturated carbocycles. The van der Waals surface area contributed by atoms with Crippen LogP contribution < -0.4 is 5.32 Å². The molecular formula is C23H23N3O. The maximum Gasteiger partial charge on any atom is 0.256 e. The van der Waals surface area contributed by atoms with Crippen LogP contribution in [0, 0.1) is 6.92 Å². The first-order valence-electron chi connectivity index (χ1n) is 9.30. The molecule has 1 N–H and O–H groups in total. The minimum Gasteiger partial charge on any atom is -0.380 e. The van der Waals surface area contributed by atoms with Gasteiger partial charge in [0, 0.05) is 37.7 Å². The summed E-state index contributed by atoms with van der Waals surface area (Å²) in [7, 11) is 0. The van der Waals surface area contributed by atoms with Crippen LogP contribution in [0.5, 0.6) is 0 Å². The Morgan fingerprint density at radius 2 is 1.78 bits per heavy atom. The van der Waals surface area contributed by atoms with Crippen LogP contribution in [-0.4, -0.2) is 22.3 Å². The van der Waals surface area contributed by atoms with E-state index < -0.39 is 0 Å². The predicted octanol–water partition coefficient (Wildman–Crippen LogP) is 4.20. The van der Waals surface area contributed by atoms with Gasteiger partial charge < -0.3 is 10.2 Å². The summed E-state index contributed by atoms with van der Waals surface area (Å²) in [4.78, 5) is 19.0. The zero-order chi connectivity index (χ0) is 18.6. The van der Waals surface area contributed by atoms with E-state index in [2.05, 4.69) is 47.6 Å². The summed E-state index contributed by atoms with van der Waals surface area (Å²) in [5.74, 6) is 0.120. The lowest BCUT2D eigenvalue weighted by molar-refractivity contribution is 0.0781. The maximum absolute atomic E-state index is 13.0. The SMILES string of the molecule is Cc1ccc(CCN2Cc3cccc(NCc4ccncc4)c3C2=O)cc1. The van der Waals surface area contributed by atoms with Crippen LogP contribution in [-0.2, 0) is 19.5 Å². The summed E-state index contributed by atoms with van der Waals surface area (Å²) in [6.45, 7) is 4.19. The van der Waals surface area contributed by atoms with Crippen LogP contribution >= 0.6 is 0 Å². The summed E-state index contributed by atoms with van der Waals surface area (Å²) in [5, 5.41) is 3.42. The van der Waals surface area contributed by atoms with Crippen molar-refractivity contribution in [3.63, 3.8) is 0 Å². The lowest BCUT2D eigenvalue weighted by Gasteiger charge is -2.16. The van der Waals surface area contributed by atoms with Crippen molar-refractivity contribution in [3.05, 3.63) is 94.8 Å². The van der Waals surface area contributed by atoms with Gasteiger partial charge in [0.05, 0.1) is 5.56 Å². The summed E-state index contributed by atoms with van der Waals surface area (Å²) in [6, 6.07) is 18.5. The third-order valence-electron chi connectivity index (χ3n) is 5.04. The monoisotopic (exact) mass is 357 g/mol. The van der Waals surface area contributed by atoms with Crippen molar-refractivity contribution in [2.24, 2.45) is 0 Å². The zero-order valence-corrected chi connectivity index (χ0v) is 15.5. The molecule has 0 bridgehead atoms. The van der Waals surface area contributed by atoms with E-state index in [0.717, 1.165) is 35.3 Å². The number of benzene rings is 2. The van der Waals surface area contributed by atoms with E-state index in [-0.39, 0.29) is 5.91 Å². The Morgan fingerprint density at radius 1 is 1.00 bits per heavy atom. The van der Waals surface area contributed by atoms with E-state index in [9.17, 15) is 4.79 Å². The molecular weight excluding hydrogens is 334 g/mol. The molecule has 4 heteroatoms. The molecule has 1 amide bonds. The third kappa shape index (κ3) is 3.85. The summed E-state index contributed by atoms with van der Waals surface area (Å²) < 4.78 is 0. The zero-order valence-electron chi connectivity index (χ0n) is 15.5. The van der Waals surface area contributed by atoms with Crippen molar-refractivity contribution in [3.8, 4) is 0 Å². The highest BCUT2D eigenvalue weighted by Gasteiger charge is 2.29. The molecule has 0 spiro atoms. The topological polar surface area (TPSA) is 45.2 Å². The van der Waals surface area contributed by atoms with Crippen molar-refractivity contribution >= 4 is 11.6 Å². The van der Waals surface area contributed by atoms with Crippen molar-refractivity contribution in [1.82, 2.24) is 9.88 Å². The van der Waals surface area contributed by atoms with E-state index in [1.54, 1.807) is 12.4 Å². The molecule has 1 aliphatic rings. The van der Waals surface area contributed by atoms with Gasteiger partial charge in [-0.25, -0.2) is 0 Å². The summed E-state index contributed by atoms with van der Waals surface area (Å²) >= 11 is 0. The van der Waals surface area contributed by atoms with Crippen LogP contribution in [0.4, 0.5) is 5.69 Å². The highest BCUT2D eigenvalue weighted by atomic mass is 16.2. The second kappa shape index (κ2) is 7.62. The fraction of sp³-hybridized carbons (Fsp3) is 0.217. The second-order valence-corrected chi connectivity index (χ2v) is 7.01. The molecule has 0 fully saturated rings. The Bertz CT molecular complexity index is 936. The molecule has 1 aromatic heterocycles. The number of aromatic nitrogens is 1. The van der Waals surface area contributed by atoms with E-state index in [1.165, 1.54) is 11.1 Å². The molecule has 4 nitrogen and oxygen atoms in total. The largest absolute Gasteiger partial charge is 0.380 e. The van der Waals surface area contributed by atoms with Gasteiger partial charge in [0.15, 0.2) is 0 Å². The smallest absolute Gasteiger partial charge is 0.256 e. The first kappa shape index (κ1) is 17.3. The van der Waals surface area contributed by atoms with E-state index >= 15 is 0 Å². The quantitative estimate of drug-likeness (QED) is 0.719. The van der Waals surface area contributed by atoms with Crippen molar-refractivity contribution in [1.29, 1.82) is 0 Å². The standard InChI is InChI=1S/C23H23N3O/c1-17-5-7-18(8-6-17)11-14-26-16-20-3-2-4-21(22(20)23(26)27)25-15-19-9-12-24-13-10-19/h2-10,12-13,25H,11,14-16H2,1H3. The van der Waals surface area contributed by atoms with Crippen LogP contribution in [0.15, 0.2) is 67.0 Å². The molecule has 0 unspecified atom stereocenters. The van der Waals surface area contributed by atoms with Crippen molar-refractivity contribution in [2.45, 2.75) is 26.4 Å². The van der Waals surface area contributed by atoms with Gasteiger partial charge in [-0.1, -0.05) is 42.0 Å². The number of pyridine rings is 1. The number of anilines is 1. The minimum atomic E-state index is 0.120. The average Bonchev–Trinajstić information content (AvgIpc) is 3.03. The first-order valence-corrected chi connectivity index (χ1v) is 9.30. The highest BCUT2D eigenvalue weighted by Crippen LogP contribution is 2.29. The van der Waals surface area contributed by atoms with Gasteiger partial charge in [0.1, 0.15) is 0 Å². The van der Waals surface area contributed by atoms with Crippen LogP contribution in [0.2, 0.25) is 0 Å². The van der Waals surface area contributed by atoms with Gasteiger partial charge >= 0.3 is 0 Å². The van der Waals surface area contributed by atoms with Crippen molar-refractivity contribution in [2.75, 3.05) is 11.9 Å². The minimum absolute atomic E-state index is 0.120. The fourth-order valence-electron chi connectivity index (χ4n) is 3.46. The second-order valence-electron chi connectivity index (χ2n) is 7.01. The molecule has 0 radical (unpaired) electrons. The van der Waals surface area contributed by atoms with Crippen molar-refractivity contribution < 1.29 is 4.79 Å². The number of carbonyl (C=O) groups excluding carboxylic acids is 1. The molecule has 136 valence electrons. The molecule has 4 rings (SSSR count). The molecule has 0 aliphatic carbocycles. The summed E-state index contributed by atoms with van der Waals surface area (Å²) in [5.41, 5.74) is 6.49. The van der Waals surface area contributed by atoms with Gasteiger partial charge in [-0.05, 0) is 48.2 Å². The lowest BCUT2D eigenvalue weighted by atomic mass is 10.1. The van der Waals surface area contributed by atoms with E-state index in [1.807, 2.05) is 29.2 Å². The lowest BCUT2D eigenvalue weighted by Crippen LogP contribution is -2.26. The number of amides is 1. The van der Waals surface area contributed by atoms with E-state index in [4.69, 9.17) is 0 Å². The molecule has 2 aromatic carbocycles. The van der Waals surface area contributed by atoms with Gasteiger partial charge in [-0.2, -0.15) is 0 Å². The number of carbonyl (C=O) groups is 1. The summed E-state index contributed by atoms with van der Waals surface area (Å²) in [6.07, 6.45) is 4.44. The Morgan fingerprint density at radius 3 is 2.56 bits per heavy atom. The van der Waals surface area contributed by atoms with Gasteiger partial charge in [0.25, 0.3) is 5.91 Å². The number of fused-ring (bicyclic) bond motifs is 1. The number of aryl methyl sites for hydroxylation is 1. The highest BCUT2D eigenvalue weighted by molar-refractivity contribution is 6.03. The van der Waals surface area contributed by atoms with Crippen LogP contribution in [0.3, 0.4) is 0 Å². The van der Waals surface area contributed by atoms with Crippen LogP contribution in [0.1, 0.15) is 32.6 Å². The van der Waals surface area contributed by atoms with Gasteiger partial charge in [-0.3, -0.25) is 9.78 Å². The number of hydrogen-bond acceptors (Lipinski definition) is 3. The van der Waals surface area contributed by atoms with E-state index in [0.29, 0.717) is 13.1 Å². The molecule has 1 aliphatic heterocycles. The Balaban J connectivity index is 1.44. The molecule has 3 aromatic rings. The van der Waals surface area contributed by atoms with Gasteiger partial charge in [-0.15, -0.1) is 0 Å². The van der Waals surface area contributed by atoms with Gasteiger partial charge in [0.2, 0.25) is 0 Å². The third-order valence-corrected chi connectivity index (χ3v) is 5.04.